The summed E-state index contributed by atoms with van der Waals surface area (Å²) in [4.78, 5) is -0.111. The molecule has 0 bridgehead atoms. The number of aliphatic hydroxyl groups excluding tert-OH is 1. The van der Waals surface area contributed by atoms with E-state index in [2.05, 4.69) is 4.72 Å². The van der Waals surface area contributed by atoms with Crippen LogP contribution in [0.1, 0.15) is 25.3 Å². The highest BCUT2D eigenvalue weighted by atomic mass is 35.5. The standard InChI is InChI=1S/C13H17Cl2NO4S/c1-8-4-11(2-3-20-8)16-21(18,19)12-6-10(14)5-9(7-17)13(12)15/h5-6,8,11,16-17H,2-4,7H2,1H3. The first-order valence-electron chi connectivity index (χ1n) is 6.56. The monoisotopic (exact) mass is 353 g/mol. The van der Waals surface area contributed by atoms with Gasteiger partial charge in [-0.05, 0) is 37.5 Å². The molecule has 1 fully saturated rings. The third-order valence-corrected chi connectivity index (χ3v) is 5.67. The van der Waals surface area contributed by atoms with Gasteiger partial charge in [0.15, 0.2) is 0 Å². The lowest BCUT2D eigenvalue weighted by Gasteiger charge is -2.28. The highest BCUT2D eigenvalue weighted by Crippen LogP contribution is 2.30. The molecule has 5 nitrogen and oxygen atoms in total. The molecule has 118 valence electrons. The molecule has 21 heavy (non-hydrogen) atoms. The van der Waals surface area contributed by atoms with Crippen molar-refractivity contribution in [2.45, 2.75) is 43.4 Å². The summed E-state index contributed by atoms with van der Waals surface area (Å²) >= 11 is 11.9. The predicted molar refractivity (Wildman–Crippen MR) is 81.1 cm³/mol. The van der Waals surface area contributed by atoms with Gasteiger partial charge in [-0.25, -0.2) is 13.1 Å². The van der Waals surface area contributed by atoms with Gasteiger partial charge in [0.2, 0.25) is 10.0 Å². The van der Waals surface area contributed by atoms with Crippen LogP contribution in [-0.4, -0.2) is 32.3 Å². The van der Waals surface area contributed by atoms with Crippen molar-refractivity contribution in [3.8, 4) is 0 Å². The van der Waals surface area contributed by atoms with Gasteiger partial charge in [-0.2, -0.15) is 0 Å². The van der Waals surface area contributed by atoms with Crippen molar-refractivity contribution >= 4 is 33.2 Å². The van der Waals surface area contributed by atoms with Gasteiger partial charge in [0.25, 0.3) is 0 Å². The van der Waals surface area contributed by atoms with Crippen molar-refractivity contribution in [3.05, 3.63) is 27.7 Å². The third kappa shape index (κ3) is 4.09. The zero-order valence-corrected chi connectivity index (χ0v) is 13.8. The largest absolute Gasteiger partial charge is 0.392 e. The maximum Gasteiger partial charge on any atom is 0.242 e. The molecule has 8 heteroatoms. The molecule has 1 aromatic rings. The Kier molecular flexibility index (Phi) is 5.51. The SMILES string of the molecule is CC1CC(NS(=O)(=O)c2cc(Cl)cc(CO)c2Cl)CCO1. The first kappa shape index (κ1) is 17.0. The van der Waals surface area contributed by atoms with Crippen LogP contribution in [0.25, 0.3) is 0 Å². The van der Waals surface area contributed by atoms with Crippen LogP contribution in [0.4, 0.5) is 0 Å². The van der Waals surface area contributed by atoms with Gasteiger partial charge in [0.1, 0.15) is 4.90 Å². The average molecular weight is 354 g/mol. The Hall–Kier alpha value is -0.370. The highest BCUT2D eigenvalue weighted by molar-refractivity contribution is 7.89. The Morgan fingerprint density at radius 2 is 2.14 bits per heavy atom. The van der Waals surface area contributed by atoms with E-state index in [4.69, 9.17) is 27.9 Å². The van der Waals surface area contributed by atoms with Crippen LogP contribution < -0.4 is 4.72 Å². The topological polar surface area (TPSA) is 75.6 Å². The van der Waals surface area contributed by atoms with Crippen molar-refractivity contribution < 1.29 is 18.3 Å². The van der Waals surface area contributed by atoms with Gasteiger partial charge in [-0.15, -0.1) is 0 Å². The van der Waals surface area contributed by atoms with Gasteiger partial charge in [-0.3, -0.25) is 0 Å². The molecule has 1 aliphatic rings. The van der Waals surface area contributed by atoms with Crippen LogP contribution in [0.15, 0.2) is 17.0 Å². The van der Waals surface area contributed by atoms with E-state index in [0.29, 0.717) is 19.4 Å². The number of nitrogens with one attached hydrogen (secondary N) is 1. The van der Waals surface area contributed by atoms with E-state index >= 15 is 0 Å². The predicted octanol–water partition coefficient (Wildman–Crippen LogP) is 2.33. The summed E-state index contributed by atoms with van der Waals surface area (Å²) in [5, 5.41) is 9.42. The fraction of sp³-hybridized carbons (Fsp3) is 0.538. The Morgan fingerprint density at radius 1 is 1.43 bits per heavy atom. The fourth-order valence-electron chi connectivity index (χ4n) is 2.32. The van der Waals surface area contributed by atoms with E-state index in [-0.39, 0.29) is 39.3 Å². The van der Waals surface area contributed by atoms with Crippen LogP contribution in [0.5, 0.6) is 0 Å². The number of halogens is 2. The maximum atomic E-state index is 12.5. The first-order valence-corrected chi connectivity index (χ1v) is 8.80. The van der Waals surface area contributed by atoms with E-state index < -0.39 is 10.0 Å². The quantitative estimate of drug-likeness (QED) is 0.870. The molecule has 0 aromatic heterocycles. The molecular weight excluding hydrogens is 337 g/mol. The Bertz CT molecular complexity index is 621. The summed E-state index contributed by atoms with van der Waals surface area (Å²) in [6.07, 6.45) is 1.22. The lowest BCUT2D eigenvalue weighted by atomic mass is 10.1. The van der Waals surface area contributed by atoms with Crippen LogP contribution in [0, 0.1) is 0 Å². The van der Waals surface area contributed by atoms with Gasteiger partial charge in [0.05, 0.1) is 17.7 Å². The van der Waals surface area contributed by atoms with Gasteiger partial charge < -0.3 is 9.84 Å². The zero-order valence-electron chi connectivity index (χ0n) is 11.5. The summed E-state index contributed by atoms with van der Waals surface area (Å²) in [5.41, 5.74) is 0.282. The van der Waals surface area contributed by atoms with Gasteiger partial charge in [-0.1, -0.05) is 23.2 Å². The number of rotatable bonds is 4. The third-order valence-electron chi connectivity index (χ3n) is 3.35. The maximum absolute atomic E-state index is 12.5. The minimum atomic E-state index is -3.80. The van der Waals surface area contributed by atoms with Crippen molar-refractivity contribution in [1.82, 2.24) is 4.72 Å². The number of benzene rings is 1. The fourth-order valence-corrected chi connectivity index (χ4v) is 4.53. The second-order valence-corrected chi connectivity index (χ2v) is 7.56. The Morgan fingerprint density at radius 3 is 2.76 bits per heavy atom. The number of ether oxygens (including phenoxy) is 1. The molecule has 0 amide bonds. The summed E-state index contributed by atoms with van der Waals surface area (Å²) in [7, 11) is -3.80. The normalized spacial score (nSPS) is 23.2. The number of hydrogen-bond acceptors (Lipinski definition) is 4. The average Bonchev–Trinajstić information content (AvgIpc) is 2.40. The van der Waals surface area contributed by atoms with E-state index in [9.17, 15) is 13.5 Å². The lowest BCUT2D eigenvalue weighted by Crippen LogP contribution is -2.41. The second kappa shape index (κ2) is 6.81. The Labute approximate surface area is 134 Å². The molecule has 2 N–H and O–H groups in total. The van der Waals surface area contributed by atoms with E-state index in [1.54, 1.807) is 0 Å². The minimum absolute atomic E-state index is 0.00509. The molecule has 1 heterocycles. The summed E-state index contributed by atoms with van der Waals surface area (Å²) in [6, 6.07) is 2.53. The molecule has 0 saturated carbocycles. The molecule has 1 saturated heterocycles. The van der Waals surface area contributed by atoms with E-state index in [0.717, 1.165) is 0 Å². The molecule has 2 unspecified atom stereocenters. The summed E-state index contributed by atoms with van der Waals surface area (Å²) < 4.78 is 33.0. The number of sulfonamides is 1. The van der Waals surface area contributed by atoms with Crippen molar-refractivity contribution in [2.75, 3.05) is 6.61 Å². The van der Waals surface area contributed by atoms with E-state index in [1.165, 1.54) is 12.1 Å². The zero-order chi connectivity index (χ0) is 15.6. The molecule has 1 aliphatic heterocycles. The van der Waals surface area contributed by atoms with Crippen LogP contribution in [0.3, 0.4) is 0 Å². The lowest BCUT2D eigenvalue weighted by molar-refractivity contribution is 0.0173. The molecule has 2 rings (SSSR count). The second-order valence-electron chi connectivity index (χ2n) is 5.06. The van der Waals surface area contributed by atoms with Crippen LogP contribution in [0.2, 0.25) is 10.0 Å². The molecule has 0 aliphatic carbocycles. The highest BCUT2D eigenvalue weighted by Gasteiger charge is 2.27. The van der Waals surface area contributed by atoms with Crippen molar-refractivity contribution in [1.29, 1.82) is 0 Å². The van der Waals surface area contributed by atoms with Crippen LogP contribution in [-0.2, 0) is 21.4 Å². The molecule has 0 radical (unpaired) electrons. The molecular formula is C13H17Cl2NO4S. The molecule has 2 atom stereocenters. The van der Waals surface area contributed by atoms with Gasteiger partial charge >= 0.3 is 0 Å². The molecule has 1 aromatic carbocycles. The smallest absolute Gasteiger partial charge is 0.242 e. The summed E-state index contributed by atoms with van der Waals surface area (Å²) in [5.74, 6) is 0. The number of hydrogen-bond donors (Lipinski definition) is 2. The van der Waals surface area contributed by atoms with Crippen molar-refractivity contribution in [3.63, 3.8) is 0 Å². The number of aliphatic hydroxyl groups is 1. The summed E-state index contributed by atoms with van der Waals surface area (Å²) in [6.45, 7) is 2.03. The minimum Gasteiger partial charge on any atom is -0.392 e. The van der Waals surface area contributed by atoms with Crippen LogP contribution >= 0.6 is 23.2 Å². The van der Waals surface area contributed by atoms with Crippen molar-refractivity contribution in [2.24, 2.45) is 0 Å². The van der Waals surface area contributed by atoms with Gasteiger partial charge in [0, 0.05) is 17.7 Å². The van der Waals surface area contributed by atoms with E-state index in [1.807, 2.05) is 6.92 Å². The first-order chi connectivity index (χ1) is 9.83. The molecule has 0 spiro atoms. The Balaban J connectivity index is 2.29.